The number of alkyl halides is 1. The summed E-state index contributed by atoms with van der Waals surface area (Å²) in [6.45, 7) is 4.33. The molecule has 6 heteroatoms. The highest BCUT2D eigenvalue weighted by molar-refractivity contribution is 6.20. The van der Waals surface area contributed by atoms with Crippen molar-refractivity contribution >= 4 is 29.1 Å². The zero-order chi connectivity index (χ0) is 15.9. The average molecular weight is 313 g/mol. The lowest BCUT2D eigenvalue weighted by Crippen LogP contribution is -2.33. The molecule has 0 bridgehead atoms. The largest absolute Gasteiger partial charge is 0.383 e. The summed E-state index contributed by atoms with van der Waals surface area (Å²) in [5, 5.41) is 5.48. The number of methoxy groups -OCH3 is 1. The third-order valence-corrected chi connectivity index (χ3v) is 3.63. The van der Waals surface area contributed by atoms with Gasteiger partial charge in [0.25, 0.3) is 5.91 Å². The third kappa shape index (κ3) is 5.02. The van der Waals surface area contributed by atoms with Gasteiger partial charge in [-0.15, -0.1) is 11.6 Å². The predicted octanol–water partition coefficient (Wildman–Crippen LogP) is 2.27. The van der Waals surface area contributed by atoms with Crippen LogP contribution in [0.15, 0.2) is 24.3 Å². The van der Waals surface area contributed by atoms with Crippen LogP contribution in [0.5, 0.6) is 0 Å². The van der Waals surface area contributed by atoms with Gasteiger partial charge in [0, 0.05) is 19.5 Å². The van der Waals surface area contributed by atoms with Crippen LogP contribution in [-0.2, 0) is 9.53 Å². The van der Waals surface area contributed by atoms with Crippen LogP contribution >= 0.6 is 11.6 Å². The number of nitrogens with one attached hydrogen (secondary N) is 2. The van der Waals surface area contributed by atoms with Crippen molar-refractivity contribution < 1.29 is 14.3 Å². The van der Waals surface area contributed by atoms with E-state index >= 15 is 0 Å². The maximum atomic E-state index is 12.2. The molecule has 0 aliphatic carbocycles. The second-order valence-corrected chi connectivity index (χ2v) is 5.53. The first-order valence-corrected chi connectivity index (χ1v) is 7.19. The normalized spacial score (nSPS) is 11.0. The summed E-state index contributed by atoms with van der Waals surface area (Å²) in [6.07, 6.45) is 0. The van der Waals surface area contributed by atoms with E-state index in [-0.39, 0.29) is 17.7 Å². The standard InChI is InChI=1S/C15H21ClN2O3/c1-15(2,10-16)14(20)18-12-7-5-4-6-11(12)13(19)17-8-9-21-3/h4-7H,8-10H2,1-3H3,(H,17,19)(H,18,20). The van der Waals surface area contributed by atoms with Crippen LogP contribution < -0.4 is 10.6 Å². The fraction of sp³-hybridized carbons (Fsp3) is 0.467. The number of benzene rings is 1. The van der Waals surface area contributed by atoms with E-state index in [0.717, 1.165) is 0 Å². The molecule has 1 rings (SSSR count). The number of hydrogen-bond donors (Lipinski definition) is 2. The molecule has 0 heterocycles. The Kier molecular flexibility index (Phi) is 6.65. The summed E-state index contributed by atoms with van der Waals surface area (Å²) in [7, 11) is 1.56. The molecule has 1 aromatic rings. The summed E-state index contributed by atoms with van der Waals surface area (Å²) >= 11 is 5.79. The molecule has 0 atom stereocenters. The monoisotopic (exact) mass is 312 g/mol. The predicted molar refractivity (Wildman–Crippen MR) is 83.8 cm³/mol. The van der Waals surface area contributed by atoms with Crippen molar-refractivity contribution in [2.45, 2.75) is 13.8 Å². The molecule has 5 nitrogen and oxygen atoms in total. The first kappa shape index (κ1) is 17.5. The van der Waals surface area contributed by atoms with E-state index in [2.05, 4.69) is 10.6 Å². The second-order valence-electron chi connectivity index (χ2n) is 5.27. The Morgan fingerprint density at radius 1 is 1.29 bits per heavy atom. The zero-order valence-electron chi connectivity index (χ0n) is 12.5. The number of halogens is 1. The Labute approximate surface area is 130 Å². The molecule has 21 heavy (non-hydrogen) atoms. The quantitative estimate of drug-likeness (QED) is 0.599. The topological polar surface area (TPSA) is 67.4 Å². The number of rotatable bonds is 7. The molecular formula is C15H21ClN2O3. The molecule has 0 saturated carbocycles. The molecule has 0 saturated heterocycles. The first-order valence-electron chi connectivity index (χ1n) is 6.66. The smallest absolute Gasteiger partial charge is 0.253 e. The van der Waals surface area contributed by atoms with Gasteiger partial charge < -0.3 is 15.4 Å². The second kappa shape index (κ2) is 8.00. The van der Waals surface area contributed by atoms with Crippen LogP contribution in [0.4, 0.5) is 5.69 Å². The number of para-hydroxylation sites is 1. The molecule has 0 unspecified atom stereocenters. The molecule has 0 aromatic heterocycles. The summed E-state index contributed by atoms with van der Waals surface area (Å²) in [6, 6.07) is 6.85. The lowest BCUT2D eigenvalue weighted by atomic mass is 9.95. The summed E-state index contributed by atoms with van der Waals surface area (Å²) in [5.74, 6) is -0.289. The first-order chi connectivity index (χ1) is 9.92. The van der Waals surface area contributed by atoms with Crippen LogP contribution in [0, 0.1) is 5.41 Å². The van der Waals surface area contributed by atoms with E-state index in [9.17, 15) is 9.59 Å². The maximum absolute atomic E-state index is 12.2. The molecule has 0 fully saturated rings. The molecular weight excluding hydrogens is 292 g/mol. The number of carbonyl (C=O) groups is 2. The van der Waals surface area contributed by atoms with E-state index in [1.165, 1.54) is 0 Å². The summed E-state index contributed by atoms with van der Waals surface area (Å²) in [5.41, 5.74) is 0.171. The van der Waals surface area contributed by atoms with Gasteiger partial charge in [0.2, 0.25) is 5.91 Å². The highest BCUT2D eigenvalue weighted by Crippen LogP contribution is 2.22. The van der Waals surface area contributed by atoms with Crippen molar-refractivity contribution in [1.82, 2.24) is 5.32 Å². The summed E-state index contributed by atoms with van der Waals surface area (Å²) < 4.78 is 4.88. The van der Waals surface area contributed by atoms with Gasteiger partial charge in [-0.2, -0.15) is 0 Å². The van der Waals surface area contributed by atoms with E-state index in [0.29, 0.717) is 24.4 Å². The maximum Gasteiger partial charge on any atom is 0.253 e. The number of anilines is 1. The van der Waals surface area contributed by atoms with Crippen LogP contribution in [0.2, 0.25) is 0 Å². The minimum atomic E-state index is -0.707. The molecule has 0 spiro atoms. The van der Waals surface area contributed by atoms with E-state index in [4.69, 9.17) is 16.3 Å². The van der Waals surface area contributed by atoms with E-state index in [1.807, 2.05) is 0 Å². The van der Waals surface area contributed by atoms with Crippen molar-refractivity contribution in [3.63, 3.8) is 0 Å². The Morgan fingerprint density at radius 2 is 1.95 bits per heavy atom. The van der Waals surface area contributed by atoms with Crippen molar-refractivity contribution in [1.29, 1.82) is 0 Å². The van der Waals surface area contributed by atoms with Crippen molar-refractivity contribution in [2.75, 3.05) is 31.5 Å². The van der Waals surface area contributed by atoms with Crippen molar-refractivity contribution in [2.24, 2.45) is 5.41 Å². The van der Waals surface area contributed by atoms with E-state index < -0.39 is 5.41 Å². The number of amides is 2. The lowest BCUT2D eigenvalue weighted by molar-refractivity contribution is -0.122. The van der Waals surface area contributed by atoms with Gasteiger partial charge in [0.15, 0.2) is 0 Å². The van der Waals surface area contributed by atoms with Crippen LogP contribution in [0.1, 0.15) is 24.2 Å². The van der Waals surface area contributed by atoms with Gasteiger partial charge in [-0.3, -0.25) is 9.59 Å². The summed E-state index contributed by atoms with van der Waals surface area (Å²) in [4.78, 5) is 24.3. The van der Waals surface area contributed by atoms with Gasteiger partial charge in [-0.25, -0.2) is 0 Å². The molecule has 1 aromatic carbocycles. The molecule has 2 N–H and O–H groups in total. The Morgan fingerprint density at radius 3 is 2.57 bits per heavy atom. The van der Waals surface area contributed by atoms with Crippen LogP contribution in [-0.4, -0.2) is 38.0 Å². The van der Waals surface area contributed by atoms with Gasteiger partial charge in [-0.1, -0.05) is 12.1 Å². The minimum Gasteiger partial charge on any atom is -0.383 e. The molecule has 0 radical (unpaired) electrons. The number of hydrogen-bond acceptors (Lipinski definition) is 3. The Hall–Kier alpha value is -1.59. The fourth-order valence-corrected chi connectivity index (χ4v) is 1.63. The highest BCUT2D eigenvalue weighted by atomic mass is 35.5. The van der Waals surface area contributed by atoms with Gasteiger partial charge in [0.05, 0.1) is 23.3 Å². The molecule has 0 aliphatic rings. The van der Waals surface area contributed by atoms with Gasteiger partial charge in [-0.05, 0) is 26.0 Å². The van der Waals surface area contributed by atoms with Crippen molar-refractivity contribution in [3.8, 4) is 0 Å². The fourth-order valence-electron chi connectivity index (χ4n) is 1.50. The SMILES string of the molecule is COCCNC(=O)c1ccccc1NC(=O)C(C)(C)CCl. The average Bonchev–Trinajstić information content (AvgIpc) is 2.47. The molecule has 2 amide bonds. The Balaban J connectivity index is 2.84. The molecule has 116 valence electrons. The van der Waals surface area contributed by atoms with Crippen molar-refractivity contribution in [3.05, 3.63) is 29.8 Å². The van der Waals surface area contributed by atoms with Crippen LogP contribution in [0.25, 0.3) is 0 Å². The van der Waals surface area contributed by atoms with Crippen LogP contribution in [0.3, 0.4) is 0 Å². The minimum absolute atomic E-state index is 0.195. The molecule has 0 aliphatic heterocycles. The van der Waals surface area contributed by atoms with E-state index in [1.54, 1.807) is 45.2 Å². The number of carbonyl (C=O) groups excluding carboxylic acids is 2. The van der Waals surface area contributed by atoms with Gasteiger partial charge in [0.1, 0.15) is 0 Å². The lowest BCUT2D eigenvalue weighted by Gasteiger charge is -2.21. The highest BCUT2D eigenvalue weighted by Gasteiger charge is 2.27. The zero-order valence-corrected chi connectivity index (χ0v) is 13.3. The Bertz CT molecular complexity index is 503. The third-order valence-electron chi connectivity index (χ3n) is 2.96. The van der Waals surface area contributed by atoms with Gasteiger partial charge >= 0.3 is 0 Å². The number of ether oxygens (including phenoxy) is 1.